The van der Waals surface area contributed by atoms with E-state index in [4.69, 9.17) is 10.3 Å². The minimum absolute atomic E-state index is 0.0266. The van der Waals surface area contributed by atoms with Crippen LogP contribution in [-0.2, 0) is 14.6 Å². The van der Waals surface area contributed by atoms with Gasteiger partial charge in [0.1, 0.15) is 6.54 Å². The van der Waals surface area contributed by atoms with Gasteiger partial charge >= 0.3 is 5.97 Å². The summed E-state index contributed by atoms with van der Waals surface area (Å²) in [6.07, 6.45) is 0. The molecule has 0 aliphatic carbocycles. The number of aliphatic carboxylic acids is 1. The van der Waals surface area contributed by atoms with Crippen molar-refractivity contribution < 1.29 is 28.8 Å². The molecule has 2 aromatic carbocycles. The van der Waals surface area contributed by atoms with E-state index in [1.54, 1.807) is 6.07 Å². The average Bonchev–Trinajstić information content (AvgIpc) is 2.53. The molecule has 0 bridgehead atoms. The second-order valence-electron chi connectivity index (χ2n) is 4.58. The number of nitrogens with one attached hydrogen (secondary N) is 2. The van der Waals surface area contributed by atoms with Crippen molar-refractivity contribution in [3.63, 3.8) is 0 Å². The van der Waals surface area contributed by atoms with Crippen LogP contribution in [0.3, 0.4) is 0 Å². The van der Waals surface area contributed by atoms with Crippen molar-refractivity contribution in [1.82, 2.24) is 0 Å². The Hall–Kier alpha value is -2.46. The largest absolute Gasteiger partial charge is 0.595 e. The second-order valence-corrected chi connectivity index (χ2v) is 6.49. The van der Waals surface area contributed by atoms with Crippen LogP contribution in [0.25, 0.3) is 0 Å². The zero-order chi connectivity index (χ0) is 17.0. The Balaban J connectivity index is 2.41. The molecule has 1 unspecified atom stereocenters. The van der Waals surface area contributed by atoms with Gasteiger partial charge in [-0.15, -0.1) is 0 Å². The SMILES string of the molecule is O=C(O)CNc1ccccc1S(=O)(=O)c1ccc([NH+]([O-])O)cc1. The fourth-order valence-electron chi connectivity index (χ4n) is 1.92. The van der Waals surface area contributed by atoms with Gasteiger partial charge in [-0.05, 0) is 24.3 Å². The van der Waals surface area contributed by atoms with E-state index in [1.807, 2.05) is 0 Å². The van der Waals surface area contributed by atoms with Crippen LogP contribution in [0.4, 0.5) is 11.4 Å². The molecule has 0 spiro atoms. The molecule has 0 heterocycles. The van der Waals surface area contributed by atoms with E-state index in [0.717, 1.165) is 0 Å². The minimum Gasteiger partial charge on any atom is -0.595 e. The van der Waals surface area contributed by atoms with Crippen LogP contribution < -0.4 is 10.5 Å². The van der Waals surface area contributed by atoms with Crippen molar-refractivity contribution in [3.8, 4) is 0 Å². The third kappa shape index (κ3) is 3.85. The quantitative estimate of drug-likeness (QED) is 0.561. The Morgan fingerprint density at radius 3 is 2.30 bits per heavy atom. The maximum atomic E-state index is 12.6. The van der Waals surface area contributed by atoms with Gasteiger partial charge in [-0.3, -0.25) is 4.79 Å². The molecule has 0 aliphatic rings. The molecule has 4 N–H and O–H groups in total. The number of benzene rings is 2. The topological polar surface area (TPSA) is 131 Å². The summed E-state index contributed by atoms with van der Waals surface area (Å²) in [6, 6.07) is 10.7. The first-order chi connectivity index (χ1) is 10.8. The van der Waals surface area contributed by atoms with Gasteiger partial charge in [-0.2, -0.15) is 5.23 Å². The lowest BCUT2D eigenvalue weighted by molar-refractivity contribution is -0.991. The zero-order valence-corrected chi connectivity index (χ0v) is 12.6. The molecule has 1 atom stereocenters. The number of rotatable bonds is 6. The molecule has 8 nitrogen and oxygen atoms in total. The van der Waals surface area contributed by atoms with E-state index < -0.39 is 27.6 Å². The van der Waals surface area contributed by atoms with Crippen molar-refractivity contribution in [2.45, 2.75) is 9.79 Å². The van der Waals surface area contributed by atoms with Crippen LogP contribution in [0.5, 0.6) is 0 Å². The maximum absolute atomic E-state index is 12.6. The van der Waals surface area contributed by atoms with Gasteiger partial charge in [0, 0.05) is 12.1 Å². The van der Waals surface area contributed by atoms with Crippen molar-refractivity contribution >= 4 is 27.2 Å². The molecule has 2 aromatic rings. The zero-order valence-electron chi connectivity index (χ0n) is 11.8. The Labute approximate surface area is 132 Å². The Morgan fingerprint density at radius 1 is 1.13 bits per heavy atom. The number of hydrogen-bond donors (Lipinski definition) is 4. The summed E-state index contributed by atoms with van der Waals surface area (Å²) >= 11 is 0. The van der Waals surface area contributed by atoms with Gasteiger partial charge in [-0.25, -0.2) is 13.6 Å². The number of carboxylic acids is 1. The van der Waals surface area contributed by atoms with Gasteiger partial charge in [0.25, 0.3) is 0 Å². The number of anilines is 1. The van der Waals surface area contributed by atoms with Crippen molar-refractivity contribution in [1.29, 1.82) is 0 Å². The normalized spacial score (nSPS) is 12.6. The Bertz CT molecular complexity index is 802. The highest BCUT2D eigenvalue weighted by molar-refractivity contribution is 7.91. The molecular weight excluding hydrogens is 324 g/mol. The van der Waals surface area contributed by atoms with Crippen LogP contribution >= 0.6 is 0 Å². The van der Waals surface area contributed by atoms with Crippen molar-refractivity contribution in [2.24, 2.45) is 0 Å². The highest BCUT2D eigenvalue weighted by Gasteiger charge is 2.21. The van der Waals surface area contributed by atoms with Crippen molar-refractivity contribution in [3.05, 3.63) is 53.7 Å². The Morgan fingerprint density at radius 2 is 1.74 bits per heavy atom. The fourth-order valence-corrected chi connectivity index (χ4v) is 3.36. The van der Waals surface area contributed by atoms with Crippen LogP contribution in [-0.4, -0.2) is 31.2 Å². The van der Waals surface area contributed by atoms with Crippen LogP contribution in [0, 0.1) is 5.21 Å². The summed E-state index contributed by atoms with van der Waals surface area (Å²) in [5.41, 5.74) is 0.137. The third-order valence-electron chi connectivity index (χ3n) is 3.02. The second kappa shape index (κ2) is 6.75. The predicted molar refractivity (Wildman–Crippen MR) is 80.2 cm³/mol. The number of carboxylic acid groups (broad SMARTS) is 1. The molecule has 0 amide bonds. The van der Waals surface area contributed by atoms with E-state index in [9.17, 15) is 18.4 Å². The fraction of sp³-hybridized carbons (Fsp3) is 0.0714. The summed E-state index contributed by atoms with van der Waals surface area (Å²) in [5.74, 6) is -1.12. The lowest BCUT2D eigenvalue weighted by Crippen LogP contribution is -2.99. The lowest BCUT2D eigenvalue weighted by Gasteiger charge is -2.13. The van der Waals surface area contributed by atoms with E-state index in [1.165, 1.54) is 42.5 Å². The van der Waals surface area contributed by atoms with Crippen LogP contribution in [0.15, 0.2) is 58.3 Å². The first-order valence-electron chi connectivity index (χ1n) is 6.45. The molecule has 0 radical (unpaired) electrons. The molecule has 0 saturated heterocycles. The van der Waals surface area contributed by atoms with Gasteiger partial charge < -0.3 is 15.6 Å². The standard InChI is InChI=1S/C14H14N2O6S/c17-14(18)9-15-12-3-1-2-4-13(12)23(21,22)11-7-5-10(6-8-11)16(19)20/h1-8,15-16,19H,9H2,(H,17,18). The smallest absolute Gasteiger partial charge is 0.322 e. The van der Waals surface area contributed by atoms with Crippen LogP contribution in [0.2, 0.25) is 0 Å². The first-order valence-corrected chi connectivity index (χ1v) is 7.94. The van der Waals surface area contributed by atoms with E-state index in [0.29, 0.717) is 0 Å². The molecule has 122 valence electrons. The summed E-state index contributed by atoms with van der Waals surface area (Å²) < 4.78 is 25.3. The number of para-hydroxylation sites is 1. The molecule has 0 saturated carbocycles. The van der Waals surface area contributed by atoms with E-state index in [2.05, 4.69) is 5.32 Å². The Kier molecular flexibility index (Phi) is 4.96. The molecular formula is C14H14N2O6S. The number of sulfone groups is 1. The summed E-state index contributed by atoms with van der Waals surface area (Å²) in [7, 11) is -3.91. The molecule has 9 heteroatoms. The summed E-state index contributed by atoms with van der Waals surface area (Å²) in [5, 5.41) is 29.8. The predicted octanol–water partition coefficient (Wildman–Crippen LogP) is 0.419. The molecule has 2 rings (SSSR count). The highest BCUT2D eigenvalue weighted by Crippen LogP contribution is 2.27. The van der Waals surface area contributed by atoms with Crippen LogP contribution in [0.1, 0.15) is 0 Å². The number of hydrogen-bond acceptors (Lipinski definition) is 6. The molecule has 0 aliphatic heterocycles. The molecule has 23 heavy (non-hydrogen) atoms. The monoisotopic (exact) mass is 338 g/mol. The average molecular weight is 338 g/mol. The molecule has 0 fully saturated rings. The minimum atomic E-state index is -3.91. The van der Waals surface area contributed by atoms with Gasteiger partial charge in [-0.1, -0.05) is 12.1 Å². The van der Waals surface area contributed by atoms with Gasteiger partial charge in [0.2, 0.25) is 9.84 Å². The summed E-state index contributed by atoms with van der Waals surface area (Å²) in [4.78, 5) is 10.5. The molecule has 0 aromatic heterocycles. The highest BCUT2D eigenvalue weighted by atomic mass is 32.2. The number of carbonyl (C=O) groups is 1. The van der Waals surface area contributed by atoms with Gasteiger partial charge in [0.15, 0.2) is 5.69 Å². The summed E-state index contributed by atoms with van der Waals surface area (Å²) in [6.45, 7) is -0.426. The van der Waals surface area contributed by atoms with E-state index in [-0.39, 0.29) is 21.2 Å². The lowest BCUT2D eigenvalue weighted by atomic mass is 10.3. The number of quaternary nitrogens is 1. The van der Waals surface area contributed by atoms with Gasteiger partial charge in [0.05, 0.1) is 15.5 Å². The first kappa shape index (κ1) is 16.9. The van der Waals surface area contributed by atoms with Crippen molar-refractivity contribution in [2.75, 3.05) is 11.9 Å². The van der Waals surface area contributed by atoms with E-state index >= 15 is 0 Å². The maximum Gasteiger partial charge on any atom is 0.322 e. The third-order valence-corrected chi connectivity index (χ3v) is 4.85.